The van der Waals surface area contributed by atoms with E-state index in [1.807, 2.05) is 18.9 Å². The summed E-state index contributed by atoms with van der Waals surface area (Å²) >= 11 is 0. The van der Waals surface area contributed by atoms with Crippen molar-refractivity contribution in [3.8, 4) is 0 Å². The van der Waals surface area contributed by atoms with Crippen LogP contribution in [0.1, 0.15) is 45.4 Å². The van der Waals surface area contributed by atoms with E-state index in [-0.39, 0.29) is 11.9 Å². The maximum Gasteiger partial charge on any atom is 0.237 e. The molecule has 0 bridgehead atoms. The van der Waals surface area contributed by atoms with Gasteiger partial charge in [-0.15, -0.1) is 0 Å². The van der Waals surface area contributed by atoms with Crippen molar-refractivity contribution in [2.75, 3.05) is 26.8 Å². The predicted molar refractivity (Wildman–Crippen MR) is 77.5 cm³/mol. The zero-order chi connectivity index (χ0) is 14.6. The summed E-state index contributed by atoms with van der Waals surface area (Å²) in [6.07, 6.45) is 5.93. The van der Waals surface area contributed by atoms with Gasteiger partial charge < -0.3 is 15.2 Å². The summed E-state index contributed by atoms with van der Waals surface area (Å²) in [5.41, 5.74) is -0.713. The quantitative estimate of drug-likeness (QED) is 0.788. The summed E-state index contributed by atoms with van der Waals surface area (Å²) in [6.45, 7) is 3.64. The number of carbonyl (C=O) groups excluding carboxylic acids is 1. The Morgan fingerprint density at radius 1 is 1.40 bits per heavy atom. The highest BCUT2D eigenvalue weighted by molar-refractivity contribution is 5.81. The summed E-state index contributed by atoms with van der Waals surface area (Å²) < 4.78 is 5.29. The minimum absolute atomic E-state index is 0.0788. The summed E-state index contributed by atoms with van der Waals surface area (Å²) in [6, 6.07) is 0.145. The van der Waals surface area contributed by atoms with Crippen LogP contribution >= 0.6 is 0 Å². The third-order valence-electron chi connectivity index (χ3n) is 4.71. The number of hydrogen-bond acceptors (Lipinski definition) is 4. The number of carbonyl (C=O) groups is 1. The van der Waals surface area contributed by atoms with Crippen molar-refractivity contribution < 1.29 is 14.6 Å². The lowest BCUT2D eigenvalue weighted by atomic mass is 9.93. The third-order valence-corrected chi connectivity index (χ3v) is 4.71. The van der Waals surface area contributed by atoms with Crippen molar-refractivity contribution >= 4 is 5.91 Å². The first kappa shape index (κ1) is 15.7. The van der Waals surface area contributed by atoms with Gasteiger partial charge in [0.2, 0.25) is 5.91 Å². The number of hydrogen-bond donors (Lipinski definition) is 2. The lowest BCUT2D eigenvalue weighted by molar-refractivity contribution is -0.128. The molecule has 5 nitrogen and oxygen atoms in total. The fraction of sp³-hybridized carbons (Fsp3) is 0.933. The van der Waals surface area contributed by atoms with Crippen molar-refractivity contribution in [2.24, 2.45) is 0 Å². The number of nitrogens with zero attached hydrogens (tertiary/aromatic N) is 1. The van der Waals surface area contributed by atoms with E-state index in [2.05, 4.69) is 5.32 Å². The molecule has 1 aliphatic carbocycles. The second-order valence-electron chi connectivity index (χ2n) is 6.42. The van der Waals surface area contributed by atoms with E-state index in [4.69, 9.17) is 4.74 Å². The highest BCUT2D eigenvalue weighted by atomic mass is 16.5. The van der Waals surface area contributed by atoms with E-state index in [1.54, 1.807) is 0 Å². The Kier molecular flexibility index (Phi) is 5.41. The van der Waals surface area contributed by atoms with E-state index < -0.39 is 5.60 Å². The maximum absolute atomic E-state index is 12.2. The smallest absolute Gasteiger partial charge is 0.237 e. The second kappa shape index (κ2) is 6.87. The monoisotopic (exact) mass is 284 g/mol. The molecule has 1 amide bonds. The minimum atomic E-state index is -0.713. The Morgan fingerprint density at radius 2 is 2.00 bits per heavy atom. The van der Waals surface area contributed by atoms with Gasteiger partial charge in [-0.25, -0.2) is 0 Å². The fourth-order valence-electron chi connectivity index (χ4n) is 3.10. The first-order chi connectivity index (χ1) is 9.50. The van der Waals surface area contributed by atoms with Gasteiger partial charge in [0.15, 0.2) is 0 Å². The number of likely N-dealkylation sites (N-methyl/N-ethyl adjacent to an activating group) is 1. The van der Waals surface area contributed by atoms with Crippen LogP contribution in [0.25, 0.3) is 0 Å². The van der Waals surface area contributed by atoms with Crippen LogP contribution in [0.4, 0.5) is 0 Å². The van der Waals surface area contributed by atoms with Gasteiger partial charge in [-0.2, -0.15) is 0 Å². The van der Waals surface area contributed by atoms with Gasteiger partial charge in [-0.3, -0.25) is 9.69 Å². The molecule has 1 heterocycles. The topological polar surface area (TPSA) is 61.8 Å². The number of amides is 1. The van der Waals surface area contributed by atoms with Crippen LogP contribution in [0.5, 0.6) is 0 Å². The van der Waals surface area contributed by atoms with E-state index in [9.17, 15) is 9.90 Å². The average Bonchev–Trinajstić information content (AvgIpc) is 2.91. The van der Waals surface area contributed by atoms with Crippen molar-refractivity contribution in [3.63, 3.8) is 0 Å². The largest absolute Gasteiger partial charge is 0.388 e. The molecular weight excluding hydrogens is 256 g/mol. The zero-order valence-electron chi connectivity index (χ0n) is 12.7. The molecule has 1 atom stereocenters. The molecular formula is C15H28N2O3. The average molecular weight is 284 g/mol. The Morgan fingerprint density at radius 3 is 2.60 bits per heavy atom. The third kappa shape index (κ3) is 4.17. The van der Waals surface area contributed by atoms with E-state index in [1.165, 1.54) is 12.8 Å². The molecule has 1 saturated heterocycles. The first-order valence-electron chi connectivity index (χ1n) is 7.81. The fourth-order valence-corrected chi connectivity index (χ4v) is 3.10. The van der Waals surface area contributed by atoms with Gasteiger partial charge in [-0.1, -0.05) is 12.8 Å². The number of rotatable bonds is 5. The van der Waals surface area contributed by atoms with Crippen LogP contribution in [-0.4, -0.2) is 60.4 Å². The Bertz CT molecular complexity index is 323. The highest BCUT2D eigenvalue weighted by Gasteiger charge is 2.33. The second-order valence-corrected chi connectivity index (χ2v) is 6.42. The van der Waals surface area contributed by atoms with Gasteiger partial charge >= 0.3 is 0 Å². The molecule has 20 heavy (non-hydrogen) atoms. The SMILES string of the molecule is CC(C(=O)NC1CCCC1)N(C)CC1(O)CCOCC1. The van der Waals surface area contributed by atoms with Crippen molar-refractivity contribution in [3.05, 3.63) is 0 Å². The van der Waals surface area contributed by atoms with Gasteiger partial charge in [-0.05, 0) is 26.8 Å². The predicted octanol–water partition coefficient (Wildman–Crippen LogP) is 0.907. The Hall–Kier alpha value is -0.650. The number of aliphatic hydroxyl groups is 1. The molecule has 2 aliphatic rings. The standard InChI is InChI=1S/C15H28N2O3/c1-12(14(18)16-13-5-3-4-6-13)17(2)11-15(19)7-9-20-10-8-15/h12-13,19H,3-11H2,1-2H3,(H,16,18). The van der Waals surface area contributed by atoms with E-state index in [0.29, 0.717) is 38.6 Å². The molecule has 0 radical (unpaired) electrons. The molecule has 2 fully saturated rings. The van der Waals surface area contributed by atoms with Crippen LogP contribution in [0.2, 0.25) is 0 Å². The van der Waals surface area contributed by atoms with Crippen LogP contribution in [0, 0.1) is 0 Å². The van der Waals surface area contributed by atoms with Crippen LogP contribution < -0.4 is 5.32 Å². The molecule has 1 aliphatic heterocycles. The molecule has 0 aromatic heterocycles. The summed E-state index contributed by atoms with van der Waals surface area (Å²) in [5.74, 6) is 0.0788. The van der Waals surface area contributed by atoms with Crippen molar-refractivity contribution in [2.45, 2.75) is 63.1 Å². The lowest BCUT2D eigenvalue weighted by Crippen LogP contribution is -2.52. The van der Waals surface area contributed by atoms with Crippen LogP contribution in [0.3, 0.4) is 0 Å². The number of nitrogens with one attached hydrogen (secondary N) is 1. The minimum Gasteiger partial charge on any atom is -0.388 e. The zero-order valence-corrected chi connectivity index (χ0v) is 12.7. The molecule has 0 spiro atoms. The van der Waals surface area contributed by atoms with Crippen LogP contribution in [0.15, 0.2) is 0 Å². The normalized spacial score (nSPS) is 24.8. The van der Waals surface area contributed by atoms with Gasteiger partial charge in [0, 0.05) is 38.6 Å². The molecule has 2 N–H and O–H groups in total. The Labute approximate surface area is 121 Å². The molecule has 1 saturated carbocycles. The summed E-state index contributed by atoms with van der Waals surface area (Å²) in [7, 11) is 1.91. The van der Waals surface area contributed by atoms with Crippen molar-refractivity contribution in [1.82, 2.24) is 10.2 Å². The number of ether oxygens (including phenoxy) is 1. The van der Waals surface area contributed by atoms with Gasteiger partial charge in [0.25, 0.3) is 0 Å². The van der Waals surface area contributed by atoms with Gasteiger partial charge in [0.1, 0.15) is 0 Å². The lowest BCUT2D eigenvalue weighted by Gasteiger charge is -2.37. The molecule has 116 valence electrons. The summed E-state index contributed by atoms with van der Waals surface area (Å²) in [5, 5.41) is 13.6. The van der Waals surface area contributed by atoms with E-state index >= 15 is 0 Å². The van der Waals surface area contributed by atoms with E-state index in [0.717, 1.165) is 12.8 Å². The molecule has 5 heteroatoms. The molecule has 2 rings (SSSR count). The van der Waals surface area contributed by atoms with Crippen molar-refractivity contribution in [1.29, 1.82) is 0 Å². The molecule has 0 aromatic rings. The molecule has 0 aromatic carbocycles. The first-order valence-corrected chi connectivity index (χ1v) is 7.81. The highest BCUT2D eigenvalue weighted by Crippen LogP contribution is 2.22. The maximum atomic E-state index is 12.2. The molecule has 1 unspecified atom stereocenters. The summed E-state index contributed by atoms with van der Waals surface area (Å²) in [4.78, 5) is 14.2. The van der Waals surface area contributed by atoms with Crippen LogP contribution in [-0.2, 0) is 9.53 Å². The van der Waals surface area contributed by atoms with Gasteiger partial charge in [0.05, 0.1) is 11.6 Å². The Balaban J connectivity index is 1.80.